The zero-order valence-electron chi connectivity index (χ0n) is 65.0. The van der Waals surface area contributed by atoms with Crippen molar-refractivity contribution < 1.29 is 58.5 Å². The van der Waals surface area contributed by atoms with E-state index in [1.807, 2.05) is 187 Å². The molecule has 3 aliphatic rings. The Labute approximate surface area is 625 Å². The van der Waals surface area contributed by atoms with Gasteiger partial charge in [-0.15, -0.1) is 11.3 Å². The quantitative estimate of drug-likeness (QED) is 0.0422. The first-order valence-electron chi connectivity index (χ1n) is 35.8. The molecule has 4 heterocycles. The zero-order valence-corrected chi connectivity index (χ0v) is 66.5. The number of β-amino-alcohol motifs (C(OH)–C–C–N with tert-alkyl or cyclic N) is 3. The first-order chi connectivity index (χ1) is 47.9. The van der Waals surface area contributed by atoms with Gasteiger partial charge < -0.3 is 61.9 Å². The number of rotatable bonds is 19. The minimum absolute atomic E-state index is 0.0316. The van der Waals surface area contributed by atoms with Crippen molar-refractivity contribution in [2.24, 2.45) is 32.5 Å². The number of amides is 9. The van der Waals surface area contributed by atoms with Crippen LogP contribution in [-0.2, 0) is 49.7 Å². The smallest absolute Gasteiger partial charge is 0.246 e. The van der Waals surface area contributed by atoms with Gasteiger partial charge in [0.1, 0.15) is 36.3 Å². The van der Waals surface area contributed by atoms with E-state index in [2.05, 4.69) is 43.0 Å². The van der Waals surface area contributed by atoms with E-state index >= 15 is 0 Å². The summed E-state index contributed by atoms with van der Waals surface area (Å²) in [6, 6.07) is 18.5. The lowest BCUT2D eigenvalue weighted by Gasteiger charge is -2.36. The number of likely N-dealkylation sites (tertiary alicyclic amines) is 3. The fourth-order valence-electron chi connectivity index (χ4n) is 12.5. The van der Waals surface area contributed by atoms with Gasteiger partial charge >= 0.3 is 0 Å². The van der Waals surface area contributed by atoms with Crippen molar-refractivity contribution in [2.75, 3.05) is 19.6 Å². The molecule has 9 amide bonds. The fraction of sp³-hybridized carbons (Fsp3) is 0.608. The Kier molecular flexibility index (Phi) is 30.0. The number of carbonyl (C=O) groups excluding carboxylic acids is 9. The molecule has 1 aromatic heterocycles. The summed E-state index contributed by atoms with van der Waals surface area (Å²) in [4.78, 5) is 128. The number of carbonyl (C=O) groups is 9. The molecule has 3 aromatic carbocycles. The van der Waals surface area contributed by atoms with Gasteiger partial charge in [0.2, 0.25) is 53.2 Å². The van der Waals surface area contributed by atoms with Gasteiger partial charge in [-0.3, -0.25) is 43.2 Å². The van der Waals surface area contributed by atoms with Crippen molar-refractivity contribution in [3.8, 4) is 16.5 Å². The van der Waals surface area contributed by atoms with E-state index in [4.69, 9.17) is 16.9 Å². The molecule has 0 bridgehead atoms. The summed E-state index contributed by atoms with van der Waals surface area (Å²) in [5.41, 5.74) is 4.63. The summed E-state index contributed by atoms with van der Waals surface area (Å²) in [5, 5.41) is 57.9. The number of aliphatic hydroxyl groups excluding tert-OH is 3. The van der Waals surface area contributed by atoms with Crippen LogP contribution in [0.4, 0.5) is 0 Å². The van der Waals surface area contributed by atoms with Crippen LogP contribution in [0, 0.1) is 50.7 Å². The summed E-state index contributed by atoms with van der Waals surface area (Å²) in [5.74, 6) is -2.76. The van der Waals surface area contributed by atoms with Crippen molar-refractivity contribution in [2.45, 2.75) is 257 Å². The van der Waals surface area contributed by atoms with Gasteiger partial charge in [0, 0.05) is 69.7 Å². The molecule has 0 spiro atoms. The van der Waals surface area contributed by atoms with E-state index in [9.17, 15) is 58.5 Å². The number of nitrogens with one attached hydrogen (secondary N) is 6. The van der Waals surface area contributed by atoms with Crippen molar-refractivity contribution in [3.05, 3.63) is 111 Å². The third-order valence-electron chi connectivity index (χ3n) is 18.0. The van der Waals surface area contributed by atoms with Crippen LogP contribution in [0.2, 0.25) is 5.02 Å². The molecule has 104 heavy (non-hydrogen) atoms. The minimum atomic E-state index is -0.840. The minimum Gasteiger partial charge on any atom is -0.391 e. The summed E-state index contributed by atoms with van der Waals surface area (Å²) in [6.07, 6.45) is -1.17. The Morgan fingerprint density at radius 2 is 0.837 bits per heavy atom. The Hall–Kier alpha value is -7.82. The molecule has 0 saturated carbocycles. The monoisotopic (exact) mass is 1480 g/mol. The second-order valence-electron chi connectivity index (χ2n) is 34.9. The summed E-state index contributed by atoms with van der Waals surface area (Å²) >= 11 is 7.53. The first kappa shape index (κ1) is 86.8. The fourth-order valence-corrected chi connectivity index (χ4v) is 13.4. The highest BCUT2D eigenvalue weighted by Crippen LogP contribution is 2.33. The van der Waals surface area contributed by atoms with Crippen molar-refractivity contribution in [3.63, 3.8) is 0 Å². The van der Waals surface area contributed by atoms with E-state index in [0.717, 1.165) is 32.8 Å². The van der Waals surface area contributed by atoms with E-state index in [1.54, 1.807) is 47.7 Å². The lowest BCUT2D eigenvalue weighted by atomic mass is 9.84. The molecule has 23 nitrogen and oxygen atoms in total. The molecular formula is C79H116ClN11O12S. The number of benzene rings is 3. The number of hydrogen-bond donors (Lipinski definition) is 9. The van der Waals surface area contributed by atoms with Gasteiger partial charge in [0.15, 0.2) is 0 Å². The summed E-state index contributed by atoms with van der Waals surface area (Å²) in [7, 11) is 0. The number of hydrogen-bond acceptors (Lipinski definition) is 15. The molecule has 3 aliphatic heterocycles. The lowest BCUT2D eigenvalue weighted by Crippen LogP contribution is -2.58. The van der Waals surface area contributed by atoms with Gasteiger partial charge in [-0.1, -0.05) is 185 Å². The number of halogens is 1. The predicted molar refractivity (Wildman–Crippen MR) is 405 cm³/mol. The number of aliphatic hydroxyl groups is 3. The maximum atomic E-state index is 13.6. The molecule has 0 aliphatic carbocycles. The zero-order chi connectivity index (χ0) is 78.5. The van der Waals surface area contributed by atoms with Crippen LogP contribution in [0.5, 0.6) is 0 Å². The number of nitriles is 1. The van der Waals surface area contributed by atoms with Crippen LogP contribution in [0.1, 0.15) is 217 Å². The molecule has 9 N–H and O–H groups in total. The van der Waals surface area contributed by atoms with Crippen LogP contribution < -0.4 is 31.9 Å². The Morgan fingerprint density at radius 3 is 1.13 bits per heavy atom. The number of aromatic nitrogens is 1. The Balaban J connectivity index is 0.000000281. The molecular weight excluding hydrogens is 1360 g/mol. The molecule has 25 heteroatoms. The maximum Gasteiger partial charge on any atom is 0.246 e. The van der Waals surface area contributed by atoms with E-state index in [-0.39, 0.29) is 140 Å². The molecule has 4 aromatic rings. The maximum absolute atomic E-state index is 13.6. The summed E-state index contributed by atoms with van der Waals surface area (Å²) < 4.78 is 0. The molecule has 11 unspecified atom stereocenters. The first-order valence-corrected chi connectivity index (χ1v) is 37.1. The van der Waals surface area contributed by atoms with E-state index in [1.165, 1.54) is 14.7 Å². The largest absolute Gasteiger partial charge is 0.391 e. The van der Waals surface area contributed by atoms with Crippen molar-refractivity contribution in [1.29, 1.82) is 5.26 Å². The SMILES string of the molecule is CC(NC(=O)C1CC(O)CN1C(=O)C(NC(=O)CC(C)(C)C)C(C)(C)C)c1ccc(C#N)cc1.CC(NC(=O)C1CC(O)CN1C(=O)C(NC(=O)CC(C)(C)C)C(C)(C)C)c1ccc(Cl)cc1.Cc1ncsc1-c1ccc(CNC(=O)C2CC(O)CN2C(=O)C(NC(=O)CC(C)(C)C)C(C)(C)C)cc1. The van der Waals surface area contributed by atoms with Gasteiger partial charge in [0.25, 0.3) is 0 Å². The topological polar surface area (TPSA) is 333 Å². The van der Waals surface area contributed by atoms with Crippen molar-refractivity contribution >= 4 is 76.1 Å². The van der Waals surface area contributed by atoms with Crippen LogP contribution >= 0.6 is 22.9 Å². The predicted octanol–water partition coefficient (Wildman–Crippen LogP) is 9.77. The second kappa shape index (κ2) is 36.0. The molecule has 7 rings (SSSR count). The Bertz CT molecular complexity index is 3670. The van der Waals surface area contributed by atoms with Gasteiger partial charge in [-0.2, -0.15) is 5.26 Å². The molecule has 3 fully saturated rings. The van der Waals surface area contributed by atoms with Crippen LogP contribution in [-0.4, -0.2) is 162 Å². The van der Waals surface area contributed by atoms with Gasteiger partial charge in [0.05, 0.1) is 58.1 Å². The average Bonchev–Trinajstić information content (AvgIpc) is 1.62. The van der Waals surface area contributed by atoms with E-state index in [0.29, 0.717) is 17.1 Å². The average molecular weight is 1480 g/mol. The van der Waals surface area contributed by atoms with Gasteiger partial charge in [-0.05, 0) is 99.8 Å². The normalized spacial score (nSPS) is 20.0. The number of nitrogens with zero attached hydrogens (tertiary/aromatic N) is 5. The standard InChI is InChI=1S/C28H40N4O4S.C26H38N4O4.C25H38ClN3O4/c1-17-23(37-16-30-17)19-10-8-18(9-11-19)14-29-25(35)21-12-20(33)15-32(21)26(36)24(28(5,6)7)31-22(34)13-27(2,3)4;1-16(18-10-8-17(14-27)9-11-18)28-23(33)20-12-19(31)15-30(20)24(34)22(26(5,6)7)29-21(32)13-25(2,3)4;1-15(16-8-10-17(26)11-9-16)27-22(32)19-12-18(30)14-29(19)23(33)21(25(5,6)7)28-20(31)13-24(2,3)4/h8-11,16,20-21,24,33H,12-15H2,1-7H3,(H,29,35)(H,31,34);8-11,16,19-20,22,31H,12-13,15H2,1-7H3,(H,28,33)(H,29,32);8-11,15,18-19,21,30H,12-14H2,1-7H3,(H,27,32)(H,28,31). The van der Waals surface area contributed by atoms with Crippen LogP contribution in [0.15, 0.2) is 78.3 Å². The third-order valence-corrected chi connectivity index (χ3v) is 19.2. The summed E-state index contributed by atoms with van der Waals surface area (Å²) in [6.45, 7) is 40.6. The molecule has 0 radical (unpaired) electrons. The van der Waals surface area contributed by atoms with Crippen LogP contribution in [0.3, 0.4) is 0 Å². The highest BCUT2D eigenvalue weighted by atomic mass is 35.5. The molecule has 3 saturated heterocycles. The number of thiazole rings is 1. The van der Waals surface area contributed by atoms with Gasteiger partial charge in [-0.25, -0.2) is 4.98 Å². The highest BCUT2D eigenvalue weighted by molar-refractivity contribution is 7.13. The third kappa shape index (κ3) is 26.3. The lowest BCUT2D eigenvalue weighted by molar-refractivity contribution is -0.144. The highest BCUT2D eigenvalue weighted by Gasteiger charge is 2.48. The molecule has 11 atom stereocenters. The second-order valence-corrected chi connectivity index (χ2v) is 36.2. The van der Waals surface area contributed by atoms with E-state index < -0.39 is 70.8 Å². The van der Waals surface area contributed by atoms with Crippen LogP contribution in [0.25, 0.3) is 10.4 Å². The van der Waals surface area contributed by atoms with Crippen molar-refractivity contribution in [1.82, 2.24) is 51.6 Å². The molecule has 572 valence electrons. The number of aryl methyl sites for hydroxylation is 1. The Morgan fingerprint density at radius 1 is 0.510 bits per heavy atom.